The van der Waals surface area contributed by atoms with Crippen molar-refractivity contribution in [3.8, 4) is 17.2 Å². The Bertz CT molecular complexity index is 1920. The normalized spacial score (nSPS) is 14.6. The summed E-state index contributed by atoms with van der Waals surface area (Å²) in [7, 11) is 0. The van der Waals surface area contributed by atoms with Gasteiger partial charge in [0.05, 0.1) is 27.8 Å². The van der Waals surface area contributed by atoms with Gasteiger partial charge in [-0.3, -0.25) is 0 Å². The quantitative estimate of drug-likeness (QED) is 0.300. The van der Waals surface area contributed by atoms with Gasteiger partial charge in [-0.15, -0.1) is 0 Å². The van der Waals surface area contributed by atoms with E-state index in [-0.39, 0.29) is 22.5 Å². The zero-order valence-corrected chi connectivity index (χ0v) is 18.1. The Balaban J connectivity index is 1.68. The molecule has 35 heavy (non-hydrogen) atoms. The zero-order valence-electron chi connectivity index (χ0n) is 18.1. The first-order valence-corrected chi connectivity index (χ1v) is 11.1. The molecule has 1 N–H and O–H groups in total. The van der Waals surface area contributed by atoms with Gasteiger partial charge in [0.25, 0.3) is 0 Å². The third-order valence-corrected chi connectivity index (χ3v) is 6.63. The van der Waals surface area contributed by atoms with Crippen molar-refractivity contribution in [1.82, 2.24) is 0 Å². The first-order valence-electron chi connectivity index (χ1n) is 11.1. The number of hydrogen-bond donors (Lipinski definition) is 1. The summed E-state index contributed by atoms with van der Waals surface area (Å²) in [6, 6.07) is 25.2. The van der Waals surface area contributed by atoms with Gasteiger partial charge in [-0.25, -0.2) is 9.59 Å². The highest BCUT2D eigenvalue weighted by molar-refractivity contribution is 5.94. The van der Waals surface area contributed by atoms with Gasteiger partial charge in [0, 0.05) is 5.56 Å². The van der Waals surface area contributed by atoms with Crippen LogP contribution in [0, 0.1) is 0 Å². The van der Waals surface area contributed by atoms with E-state index in [0.717, 1.165) is 10.8 Å². The van der Waals surface area contributed by atoms with Crippen LogP contribution in [0.25, 0.3) is 32.7 Å². The predicted molar refractivity (Wildman–Crippen MR) is 132 cm³/mol. The fraction of sp³-hybridized carbons (Fsp3) is 0.0345. The monoisotopic (exact) mass is 460 g/mol. The molecular formula is C29H16O6. The SMILES string of the molecule is O=c1oc2ccccc2c(O)c1C1c2c(c3ccccc3oc2=O)Oc2ccc3ccccc3c21. The van der Waals surface area contributed by atoms with Crippen molar-refractivity contribution in [3.05, 3.63) is 122 Å². The van der Waals surface area contributed by atoms with Gasteiger partial charge in [0.2, 0.25) is 0 Å². The first-order chi connectivity index (χ1) is 17.1. The molecule has 0 spiro atoms. The Labute approximate surface area is 197 Å². The molecular weight excluding hydrogens is 444 g/mol. The van der Waals surface area contributed by atoms with E-state index in [1.54, 1.807) is 42.5 Å². The first kappa shape index (κ1) is 19.6. The highest BCUT2D eigenvalue weighted by Crippen LogP contribution is 2.52. The molecule has 0 saturated carbocycles. The Morgan fingerprint density at radius 2 is 1.20 bits per heavy atom. The summed E-state index contributed by atoms with van der Waals surface area (Å²) in [5, 5.41) is 14.0. The molecule has 0 amide bonds. The van der Waals surface area contributed by atoms with Crippen LogP contribution in [0.15, 0.2) is 103 Å². The van der Waals surface area contributed by atoms with Crippen molar-refractivity contribution in [1.29, 1.82) is 0 Å². The molecule has 3 heterocycles. The summed E-state index contributed by atoms with van der Waals surface area (Å²) in [6.45, 7) is 0. The maximum Gasteiger partial charge on any atom is 0.344 e. The molecule has 0 aliphatic carbocycles. The highest BCUT2D eigenvalue weighted by atomic mass is 16.5. The highest BCUT2D eigenvalue weighted by Gasteiger charge is 2.39. The molecule has 2 aromatic heterocycles. The standard InChI is InChI=1S/C29H16O6/c30-26-17-9-3-5-11-19(17)34-28(31)24(26)23-22-16-8-2-1-7-15(16)13-14-21(22)33-27-18-10-4-6-12-20(18)35-29(32)25(23)27/h1-14,23,30H. The third-order valence-electron chi connectivity index (χ3n) is 6.63. The lowest BCUT2D eigenvalue weighted by Gasteiger charge is -2.29. The van der Waals surface area contributed by atoms with Crippen LogP contribution in [-0.2, 0) is 0 Å². The Hall–Kier alpha value is -4.84. The van der Waals surface area contributed by atoms with Crippen LogP contribution in [0.4, 0.5) is 0 Å². The molecule has 7 rings (SSSR count). The van der Waals surface area contributed by atoms with Gasteiger partial charge in [-0.05, 0) is 41.1 Å². The van der Waals surface area contributed by atoms with Crippen LogP contribution < -0.4 is 16.0 Å². The minimum Gasteiger partial charge on any atom is -0.507 e. The van der Waals surface area contributed by atoms with Crippen molar-refractivity contribution < 1.29 is 18.7 Å². The topological polar surface area (TPSA) is 89.9 Å². The number of hydrogen-bond acceptors (Lipinski definition) is 6. The molecule has 0 fully saturated rings. The summed E-state index contributed by atoms with van der Waals surface area (Å²) < 4.78 is 17.6. The van der Waals surface area contributed by atoms with E-state index < -0.39 is 17.2 Å². The maximum atomic E-state index is 13.4. The molecule has 6 nitrogen and oxygen atoms in total. The van der Waals surface area contributed by atoms with E-state index in [1.807, 2.05) is 42.5 Å². The number of ether oxygens (including phenoxy) is 1. The summed E-state index contributed by atoms with van der Waals surface area (Å²) in [5.74, 6) is -0.414. The van der Waals surface area contributed by atoms with E-state index in [4.69, 9.17) is 13.6 Å². The van der Waals surface area contributed by atoms with Crippen LogP contribution in [0.5, 0.6) is 17.2 Å². The number of benzene rings is 4. The lowest BCUT2D eigenvalue weighted by molar-refractivity contribution is 0.426. The molecule has 1 aliphatic heterocycles. The van der Waals surface area contributed by atoms with E-state index >= 15 is 0 Å². The summed E-state index contributed by atoms with van der Waals surface area (Å²) in [4.78, 5) is 26.8. The number of aromatic hydroxyl groups is 1. The summed E-state index contributed by atoms with van der Waals surface area (Å²) in [6.07, 6.45) is 0. The maximum absolute atomic E-state index is 13.4. The molecule has 168 valence electrons. The van der Waals surface area contributed by atoms with Crippen molar-refractivity contribution >= 4 is 32.7 Å². The molecule has 1 atom stereocenters. The van der Waals surface area contributed by atoms with Crippen molar-refractivity contribution in [3.63, 3.8) is 0 Å². The van der Waals surface area contributed by atoms with E-state index in [0.29, 0.717) is 33.4 Å². The zero-order chi connectivity index (χ0) is 23.7. The molecule has 6 heteroatoms. The second-order valence-corrected chi connectivity index (χ2v) is 8.51. The molecule has 0 radical (unpaired) electrons. The molecule has 0 bridgehead atoms. The van der Waals surface area contributed by atoms with Gasteiger partial charge in [0.1, 0.15) is 28.4 Å². The Morgan fingerprint density at radius 3 is 1.97 bits per heavy atom. The van der Waals surface area contributed by atoms with Crippen LogP contribution in [-0.4, -0.2) is 5.11 Å². The van der Waals surface area contributed by atoms with Gasteiger partial charge < -0.3 is 18.7 Å². The number of rotatable bonds is 1. The molecule has 1 aliphatic rings. The smallest absolute Gasteiger partial charge is 0.344 e. The lowest BCUT2D eigenvalue weighted by atomic mass is 9.80. The molecule has 0 saturated heterocycles. The van der Waals surface area contributed by atoms with Crippen molar-refractivity contribution in [2.45, 2.75) is 5.92 Å². The average molecular weight is 460 g/mol. The third kappa shape index (κ3) is 2.71. The van der Waals surface area contributed by atoms with Crippen LogP contribution in [0.1, 0.15) is 22.6 Å². The van der Waals surface area contributed by atoms with Crippen LogP contribution >= 0.6 is 0 Å². The van der Waals surface area contributed by atoms with Gasteiger partial charge in [-0.1, -0.05) is 54.6 Å². The minimum atomic E-state index is -0.971. The lowest BCUT2D eigenvalue weighted by Crippen LogP contribution is -2.25. The second-order valence-electron chi connectivity index (χ2n) is 8.51. The van der Waals surface area contributed by atoms with Crippen LogP contribution in [0.3, 0.4) is 0 Å². The second kappa shape index (κ2) is 7.08. The Morgan fingerprint density at radius 1 is 0.600 bits per heavy atom. The van der Waals surface area contributed by atoms with Crippen LogP contribution in [0.2, 0.25) is 0 Å². The van der Waals surface area contributed by atoms with E-state index in [2.05, 4.69) is 0 Å². The average Bonchev–Trinajstić information content (AvgIpc) is 2.88. The minimum absolute atomic E-state index is 0.0339. The molecule has 4 aromatic carbocycles. The predicted octanol–water partition coefficient (Wildman–Crippen LogP) is 6.04. The number of para-hydroxylation sites is 2. The van der Waals surface area contributed by atoms with Crippen molar-refractivity contribution in [2.24, 2.45) is 0 Å². The summed E-state index contributed by atoms with van der Waals surface area (Å²) >= 11 is 0. The molecule has 6 aromatic rings. The van der Waals surface area contributed by atoms with E-state index in [9.17, 15) is 14.7 Å². The fourth-order valence-electron chi connectivity index (χ4n) is 5.10. The molecule has 1 unspecified atom stereocenters. The Kier molecular flexibility index (Phi) is 3.97. The largest absolute Gasteiger partial charge is 0.507 e. The van der Waals surface area contributed by atoms with E-state index in [1.165, 1.54) is 0 Å². The summed E-state index contributed by atoms with van der Waals surface area (Å²) in [5.41, 5.74) is -0.0432. The number of fused-ring (bicyclic) bond motifs is 7. The van der Waals surface area contributed by atoms with Gasteiger partial charge in [-0.2, -0.15) is 0 Å². The van der Waals surface area contributed by atoms with Gasteiger partial charge >= 0.3 is 11.3 Å². The van der Waals surface area contributed by atoms with Crippen molar-refractivity contribution in [2.75, 3.05) is 0 Å². The van der Waals surface area contributed by atoms with Gasteiger partial charge in [0.15, 0.2) is 0 Å². The fourth-order valence-corrected chi connectivity index (χ4v) is 5.10.